The number of hydrogen-bond donors (Lipinski definition) is 2. The molecule has 0 bridgehead atoms. The van der Waals surface area contributed by atoms with E-state index in [9.17, 15) is 13.6 Å². The van der Waals surface area contributed by atoms with Crippen LogP contribution in [0.5, 0.6) is 5.75 Å². The first-order chi connectivity index (χ1) is 9.15. The van der Waals surface area contributed by atoms with Gasteiger partial charge in [-0.15, -0.1) is 0 Å². The van der Waals surface area contributed by atoms with E-state index >= 15 is 0 Å². The predicted octanol–water partition coefficient (Wildman–Crippen LogP) is 2.37. The van der Waals surface area contributed by atoms with Crippen molar-refractivity contribution in [2.75, 3.05) is 11.9 Å². The standard InChI is InChI=1S/C13H16F2N2O2/c14-13(15)19-11-6-2-1-5-10(11)17-12(18)8-9-4-3-7-16-9/h1-2,5-6,9,13,16H,3-4,7-8H2,(H,17,18). The Hall–Kier alpha value is -1.69. The van der Waals surface area contributed by atoms with Crippen LogP contribution in [0.15, 0.2) is 24.3 Å². The summed E-state index contributed by atoms with van der Waals surface area (Å²) in [5.41, 5.74) is 0.269. The molecule has 4 nitrogen and oxygen atoms in total. The summed E-state index contributed by atoms with van der Waals surface area (Å²) in [5.74, 6) is -0.227. The van der Waals surface area contributed by atoms with E-state index in [-0.39, 0.29) is 23.4 Å². The molecule has 104 valence electrons. The van der Waals surface area contributed by atoms with Crippen molar-refractivity contribution in [1.29, 1.82) is 0 Å². The summed E-state index contributed by atoms with van der Waals surface area (Å²) in [4.78, 5) is 11.8. The molecule has 6 heteroatoms. The van der Waals surface area contributed by atoms with Crippen molar-refractivity contribution in [2.24, 2.45) is 0 Å². The van der Waals surface area contributed by atoms with Crippen LogP contribution < -0.4 is 15.4 Å². The SMILES string of the molecule is O=C(CC1CCCN1)Nc1ccccc1OC(F)F. The fourth-order valence-electron chi connectivity index (χ4n) is 2.12. The molecule has 1 unspecified atom stereocenters. The first kappa shape index (κ1) is 13.7. The molecule has 1 aliphatic rings. The Kier molecular flexibility index (Phi) is 4.68. The van der Waals surface area contributed by atoms with Crippen molar-refractivity contribution >= 4 is 11.6 Å². The number of carbonyl (C=O) groups is 1. The van der Waals surface area contributed by atoms with Crippen LogP contribution in [0.3, 0.4) is 0 Å². The van der Waals surface area contributed by atoms with Gasteiger partial charge in [-0.05, 0) is 31.5 Å². The van der Waals surface area contributed by atoms with Gasteiger partial charge in [0.25, 0.3) is 0 Å². The molecule has 1 saturated heterocycles. The highest BCUT2D eigenvalue weighted by Gasteiger charge is 2.18. The lowest BCUT2D eigenvalue weighted by atomic mass is 10.1. The average Bonchev–Trinajstić information content (AvgIpc) is 2.83. The highest BCUT2D eigenvalue weighted by molar-refractivity contribution is 5.92. The van der Waals surface area contributed by atoms with Crippen LogP contribution in [0.4, 0.5) is 14.5 Å². The molecular formula is C13H16F2N2O2. The van der Waals surface area contributed by atoms with E-state index in [2.05, 4.69) is 15.4 Å². The Bertz CT molecular complexity index is 434. The monoisotopic (exact) mass is 270 g/mol. The van der Waals surface area contributed by atoms with Crippen LogP contribution in [0.2, 0.25) is 0 Å². The number of benzene rings is 1. The lowest BCUT2D eigenvalue weighted by Gasteiger charge is -2.13. The minimum atomic E-state index is -2.91. The Morgan fingerprint density at radius 2 is 2.26 bits per heavy atom. The summed E-state index contributed by atoms with van der Waals surface area (Å²) >= 11 is 0. The molecule has 1 aliphatic heterocycles. The van der Waals surface area contributed by atoms with Crippen LogP contribution in [0, 0.1) is 0 Å². The summed E-state index contributed by atoms with van der Waals surface area (Å²) in [5, 5.41) is 5.81. The number of hydrogen-bond acceptors (Lipinski definition) is 3. The molecule has 2 N–H and O–H groups in total. The fourth-order valence-corrected chi connectivity index (χ4v) is 2.12. The van der Waals surface area contributed by atoms with Gasteiger partial charge in [0.2, 0.25) is 5.91 Å². The second kappa shape index (κ2) is 6.47. The molecule has 1 amide bonds. The maximum Gasteiger partial charge on any atom is 0.387 e. The number of ether oxygens (including phenoxy) is 1. The minimum absolute atomic E-state index is 0.0229. The number of alkyl halides is 2. The number of amides is 1. The van der Waals surface area contributed by atoms with Crippen molar-refractivity contribution < 1.29 is 18.3 Å². The Morgan fingerprint density at radius 3 is 2.95 bits per heavy atom. The van der Waals surface area contributed by atoms with Crippen LogP contribution >= 0.6 is 0 Å². The molecule has 1 atom stereocenters. The van der Waals surface area contributed by atoms with Gasteiger partial charge in [0.05, 0.1) is 5.69 Å². The third-order valence-corrected chi connectivity index (χ3v) is 2.97. The number of nitrogens with one attached hydrogen (secondary N) is 2. The highest BCUT2D eigenvalue weighted by atomic mass is 19.3. The second-order valence-electron chi connectivity index (χ2n) is 4.42. The quantitative estimate of drug-likeness (QED) is 0.863. The van der Waals surface area contributed by atoms with E-state index in [4.69, 9.17) is 0 Å². The van der Waals surface area contributed by atoms with Crippen LogP contribution in [-0.4, -0.2) is 25.1 Å². The van der Waals surface area contributed by atoms with Gasteiger partial charge >= 0.3 is 6.61 Å². The summed E-state index contributed by atoms with van der Waals surface area (Å²) in [6.07, 6.45) is 2.36. The zero-order chi connectivity index (χ0) is 13.7. The number of rotatable bonds is 5. The van der Waals surface area contributed by atoms with E-state index in [0.29, 0.717) is 6.42 Å². The number of para-hydroxylation sites is 2. The van der Waals surface area contributed by atoms with E-state index in [0.717, 1.165) is 19.4 Å². The zero-order valence-electron chi connectivity index (χ0n) is 10.4. The number of carbonyl (C=O) groups excluding carboxylic acids is 1. The maximum absolute atomic E-state index is 12.2. The van der Waals surface area contributed by atoms with Gasteiger partial charge < -0.3 is 15.4 Å². The minimum Gasteiger partial charge on any atom is -0.433 e. The van der Waals surface area contributed by atoms with E-state index < -0.39 is 6.61 Å². The Morgan fingerprint density at radius 1 is 1.47 bits per heavy atom. The third-order valence-electron chi connectivity index (χ3n) is 2.97. The fraction of sp³-hybridized carbons (Fsp3) is 0.462. The topological polar surface area (TPSA) is 50.4 Å². The normalized spacial score (nSPS) is 18.6. The number of anilines is 1. The largest absolute Gasteiger partial charge is 0.433 e. The third kappa shape index (κ3) is 4.17. The molecule has 2 rings (SSSR count). The summed E-state index contributed by atoms with van der Waals surface area (Å²) in [7, 11) is 0. The molecule has 1 heterocycles. The van der Waals surface area contributed by atoms with Gasteiger partial charge in [0.1, 0.15) is 5.75 Å². The molecule has 0 spiro atoms. The molecule has 1 aromatic carbocycles. The smallest absolute Gasteiger partial charge is 0.387 e. The summed E-state index contributed by atoms with van der Waals surface area (Å²) in [6, 6.07) is 6.34. The van der Waals surface area contributed by atoms with Gasteiger partial charge in [-0.1, -0.05) is 12.1 Å². The summed E-state index contributed by atoms with van der Waals surface area (Å²) in [6.45, 7) is -1.99. The molecule has 0 aliphatic carbocycles. The van der Waals surface area contributed by atoms with Gasteiger partial charge in [-0.25, -0.2) is 0 Å². The average molecular weight is 270 g/mol. The van der Waals surface area contributed by atoms with E-state index in [1.54, 1.807) is 12.1 Å². The lowest BCUT2D eigenvalue weighted by molar-refractivity contribution is -0.116. The maximum atomic E-state index is 12.2. The molecule has 1 fully saturated rings. The van der Waals surface area contributed by atoms with Gasteiger partial charge in [0.15, 0.2) is 0 Å². The Balaban J connectivity index is 1.95. The molecular weight excluding hydrogens is 254 g/mol. The van der Waals surface area contributed by atoms with E-state index in [1.807, 2.05) is 0 Å². The van der Waals surface area contributed by atoms with Crippen molar-refractivity contribution in [2.45, 2.75) is 31.9 Å². The predicted molar refractivity (Wildman–Crippen MR) is 67.3 cm³/mol. The lowest BCUT2D eigenvalue weighted by Crippen LogP contribution is -2.27. The van der Waals surface area contributed by atoms with Crippen molar-refractivity contribution in [3.63, 3.8) is 0 Å². The van der Waals surface area contributed by atoms with Crippen LogP contribution in [0.1, 0.15) is 19.3 Å². The first-order valence-electron chi connectivity index (χ1n) is 6.22. The van der Waals surface area contributed by atoms with Crippen LogP contribution in [0.25, 0.3) is 0 Å². The summed E-state index contributed by atoms with van der Waals surface area (Å²) < 4.78 is 28.8. The van der Waals surface area contributed by atoms with Gasteiger partial charge in [-0.2, -0.15) is 8.78 Å². The Labute approximate surface area is 110 Å². The molecule has 0 saturated carbocycles. The van der Waals surface area contributed by atoms with Crippen molar-refractivity contribution in [3.05, 3.63) is 24.3 Å². The van der Waals surface area contributed by atoms with E-state index in [1.165, 1.54) is 12.1 Å². The zero-order valence-corrected chi connectivity index (χ0v) is 10.4. The second-order valence-corrected chi connectivity index (χ2v) is 4.42. The van der Waals surface area contributed by atoms with Gasteiger partial charge in [-0.3, -0.25) is 4.79 Å². The highest BCUT2D eigenvalue weighted by Crippen LogP contribution is 2.25. The number of halogens is 2. The molecule has 1 aromatic rings. The van der Waals surface area contributed by atoms with Gasteiger partial charge in [0, 0.05) is 12.5 Å². The van der Waals surface area contributed by atoms with Crippen molar-refractivity contribution in [3.8, 4) is 5.75 Å². The first-order valence-corrected chi connectivity index (χ1v) is 6.22. The molecule has 0 radical (unpaired) electrons. The van der Waals surface area contributed by atoms with Crippen LogP contribution in [-0.2, 0) is 4.79 Å². The molecule has 0 aromatic heterocycles. The molecule has 19 heavy (non-hydrogen) atoms. The van der Waals surface area contributed by atoms with Crippen molar-refractivity contribution in [1.82, 2.24) is 5.32 Å².